The van der Waals surface area contributed by atoms with Crippen molar-refractivity contribution in [2.24, 2.45) is 0 Å². The highest BCUT2D eigenvalue weighted by Gasteiger charge is 2.27. The van der Waals surface area contributed by atoms with Gasteiger partial charge in [0.15, 0.2) is 5.65 Å². The summed E-state index contributed by atoms with van der Waals surface area (Å²) < 4.78 is 7.43. The fourth-order valence-electron chi connectivity index (χ4n) is 2.94. The van der Waals surface area contributed by atoms with Crippen molar-refractivity contribution in [3.8, 4) is 6.07 Å². The van der Waals surface area contributed by atoms with Crippen molar-refractivity contribution in [2.45, 2.75) is 63.8 Å². The van der Waals surface area contributed by atoms with Crippen LogP contribution in [0.3, 0.4) is 0 Å². The normalized spacial score (nSPS) is 16.4. The number of aromatic nitrogens is 3. The molecule has 1 aliphatic rings. The predicted octanol–water partition coefficient (Wildman–Crippen LogP) is 2.96. The minimum Gasteiger partial charge on any atom is -0.379 e. The van der Waals surface area contributed by atoms with Crippen LogP contribution in [0.2, 0.25) is 0 Å². The number of methoxy groups -OCH3 is 1. The summed E-state index contributed by atoms with van der Waals surface area (Å²) in [4.78, 5) is 9.01. The number of aliphatic hydroxyl groups excluding tert-OH is 1. The van der Waals surface area contributed by atoms with Crippen LogP contribution in [-0.4, -0.2) is 38.6 Å². The van der Waals surface area contributed by atoms with Gasteiger partial charge in [-0.25, -0.2) is 9.97 Å². The predicted molar refractivity (Wildman–Crippen MR) is 95.1 cm³/mol. The molecule has 0 aromatic carbocycles. The lowest BCUT2D eigenvalue weighted by Crippen LogP contribution is -2.29. The number of nitriles is 1. The number of imidazole rings is 1. The standard InChI is InChI=1S/C18H25N5O2/c1-18(2,25-3)10-9-15(24)22-17-21-14-8-7-12(11-19)20-16(14)23(17)13-5-4-6-13/h7-8,13,15,24H,4-6,9-10H2,1-3H3,(H,21,22). The van der Waals surface area contributed by atoms with Crippen LogP contribution in [0.1, 0.15) is 57.7 Å². The first-order chi connectivity index (χ1) is 11.9. The largest absolute Gasteiger partial charge is 0.379 e. The maximum absolute atomic E-state index is 10.4. The molecule has 1 atom stereocenters. The van der Waals surface area contributed by atoms with E-state index in [0.717, 1.165) is 24.8 Å². The molecular formula is C18H25N5O2. The Hall–Kier alpha value is -2.17. The molecule has 0 bridgehead atoms. The Morgan fingerprint density at radius 2 is 2.20 bits per heavy atom. The summed E-state index contributed by atoms with van der Waals surface area (Å²) in [6.07, 6.45) is 3.84. The van der Waals surface area contributed by atoms with Crippen LogP contribution in [0.4, 0.5) is 5.95 Å². The summed E-state index contributed by atoms with van der Waals surface area (Å²) in [6, 6.07) is 5.87. The van der Waals surface area contributed by atoms with Gasteiger partial charge in [-0.05, 0) is 58.1 Å². The zero-order chi connectivity index (χ0) is 18.0. The molecule has 1 saturated carbocycles. The average molecular weight is 343 g/mol. The van der Waals surface area contributed by atoms with Crippen LogP contribution in [0, 0.1) is 11.3 Å². The highest BCUT2D eigenvalue weighted by molar-refractivity contribution is 5.75. The molecule has 0 amide bonds. The molecule has 3 rings (SSSR count). The Morgan fingerprint density at radius 1 is 1.44 bits per heavy atom. The summed E-state index contributed by atoms with van der Waals surface area (Å²) in [5, 5.41) is 22.6. The monoisotopic (exact) mass is 343 g/mol. The summed E-state index contributed by atoms with van der Waals surface area (Å²) in [6.45, 7) is 3.99. The minimum atomic E-state index is -0.722. The zero-order valence-electron chi connectivity index (χ0n) is 15.0. The topological polar surface area (TPSA) is 96.0 Å². The number of nitrogens with one attached hydrogen (secondary N) is 1. The van der Waals surface area contributed by atoms with Gasteiger partial charge in [-0.2, -0.15) is 5.26 Å². The molecule has 25 heavy (non-hydrogen) atoms. The fourth-order valence-corrected chi connectivity index (χ4v) is 2.94. The lowest BCUT2D eigenvalue weighted by molar-refractivity contribution is 0.00518. The van der Waals surface area contributed by atoms with Gasteiger partial charge in [-0.3, -0.25) is 4.57 Å². The van der Waals surface area contributed by atoms with E-state index in [1.54, 1.807) is 13.2 Å². The van der Waals surface area contributed by atoms with Crippen LogP contribution in [0.5, 0.6) is 0 Å². The van der Waals surface area contributed by atoms with E-state index >= 15 is 0 Å². The maximum atomic E-state index is 10.4. The molecule has 134 valence electrons. The van der Waals surface area contributed by atoms with E-state index in [1.165, 1.54) is 6.42 Å². The van der Waals surface area contributed by atoms with E-state index in [1.807, 2.05) is 24.5 Å². The van der Waals surface area contributed by atoms with Gasteiger partial charge in [0.1, 0.15) is 23.5 Å². The van der Waals surface area contributed by atoms with Crippen LogP contribution in [-0.2, 0) is 4.74 Å². The Balaban J connectivity index is 1.84. The van der Waals surface area contributed by atoms with Crippen LogP contribution in [0.15, 0.2) is 12.1 Å². The molecule has 0 aliphatic heterocycles. The van der Waals surface area contributed by atoms with E-state index in [9.17, 15) is 5.11 Å². The van der Waals surface area contributed by atoms with Gasteiger partial charge < -0.3 is 15.2 Å². The molecule has 2 aromatic rings. The van der Waals surface area contributed by atoms with E-state index in [0.29, 0.717) is 29.8 Å². The lowest BCUT2D eigenvalue weighted by atomic mass is 9.93. The van der Waals surface area contributed by atoms with Crippen molar-refractivity contribution in [3.05, 3.63) is 17.8 Å². The van der Waals surface area contributed by atoms with Crippen LogP contribution >= 0.6 is 0 Å². The highest BCUT2D eigenvalue weighted by atomic mass is 16.5. The molecule has 1 aliphatic carbocycles. The van der Waals surface area contributed by atoms with Gasteiger partial charge in [-0.15, -0.1) is 0 Å². The third-order valence-corrected chi connectivity index (χ3v) is 4.96. The molecule has 7 nitrogen and oxygen atoms in total. The number of hydrogen-bond acceptors (Lipinski definition) is 6. The fraction of sp³-hybridized carbons (Fsp3) is 0.611. The molecular weight excluding hydrogens is 318 g/mol. The second kappa shape index (κ2) is 6.98. The molecule has 0 saturated heterocycles. The van der Waals surface area contributed by atoms with Crippen molar-refractivity contribution in [1.82, 2.24) is 14.5 Å². The third kappa shape index (κ3) is 3.75. The van der Waals surface area contributed by atoms with Crippen molar-refractivity contribution in [2.75, 3.05) is 12.4 Å². The van der Waals surface area contributed by atoms with Gasteiger partial charge in [0.25, 0.3) is 0 Å². The van der Waals surface area contributed by atoms with E-state index in [4.69, 9.17) is 10.00 Å². The Morgan fingerprint density at radius 3 is 2.80 bits per heavy atom. The number of pyridine rings is 1. The third-order valence-electron chi connectivity index (χ3n) is 4.96. The second-order valence-electron chi connectivity index (χ2n) is 7.20. The molecule has 0 radical (unpaired) electrons. The van der Waals surface area contributed by atoms with E-state index in [2.05, 4.69) is 21.4 Å². The summed E-state index contributed by atoms with van der Waals surface area (Å²) in [7, 11) is 1.67. The highest BCUT2D eigenvalue weighted by Crippen LogP contribution is 2.36. The molecule has 2 N–H and O–H groups in total. The van der Waals surface area contributed by atoms with Crippen LogP contribution < -0.4 is 5.32 Å². The summed E-state index contributed by atoms with van der Waals surface area (Å²) in [5.41, 5.74) is 1.54. The van der Waals surface area contributed by atoms with Crippen molar-refractivity contribution in [3.63, 3.8) is 0 Å². The number of hydrogen-bond donors (Lipinski definition) is 2. The number of fused-ring (bicyclic) bond motifs is 1. The molecule has 7 heteroatoms. The molecule has 1 unspecified atom stereocenters. The quantitative estimate of drug-likeness (QED) is 0.750. The van der Waals surface area contributed by atoms with Crippen LogP contribution in [0.25, 0.3) is 11.2 Å². The summed E-state index contributed by atoms with van der Waals surface area (Å²) in [5.74, 6) is 0.616. The Labute approximate surface area is 147 Å². The van der Waals surface area contributed by atoms with Gasteiger partial charge in [0.05, 0.1) is 5.60 Å². The van der Waals surface area contributed by atoms with Gasteiger partial charge >= 0.3 is 0 Å². The van der Waals surface area contributed by atoms with Crippen molar-refractivity contribution < 1.29 is 9.84 Å². The van der Waals surface area contributed by atoms with E-state index in [-0.39, 0.29) is 5.60 Å². The number of ether oxygens (including phenoxy) is 1. The number of aliphatic hydroxyl groups is 1. The number of rotatable bonds is 7. The Kier molecular flexibility index (Phi) is 4.93. The van der Waals surface area contributed by atoms with Crippen molar-refractivity contribution >= 4 is 17.1 Å². The maximum Gasteiger partial charge on any atom is 0.207 e. The van der Waals surface area contributed by atoms with Gasteiger partial charge in [0, 0.05) is 13.2 Å². The first-order valence-corrected chi connectivity index (χ1v) is 8.72. The first kappa shape index (κ1) is 17.6. The zero-order valence-corrected chi connectivity index (χ0v) is 15.0. The number of anilines is 1. The molecule has 0 spiro atoms. The Bertz CT molecular complexity index is 789. The second-order valence-corrected chi connectivity index (χ2v) is 7.20. The average Bonchev–Trinajstić information content (AvgIpc) is 2.89. The lowest BCUT2D eigenvalue weighted by Gasteiger charge is -2.29. The summed E-state index contributed by atoms with van der Waals surface area (Å²) >= 11 is 0. The first-order valence-electron chi connectivity index (χ1n) is 8.72. The SMILES string of the molecule is COC(C)(C)CCC(O)Nc1nc2ccc(C#N)nc2n1C1CCC1. The molecule has 2 aromatic heterocycles. The minimum absolute atomic E-state index is 0.278. The van der Waals surface area contributed by atoms with E-state index < -0.39 is 6.23 Å². The van der Waals surface area contributed by atoms with Gasteiger partial charge in [0.2, 0.25) is 5.95 Å². The molecule has 1 fully saturated rings. The smallest absolute Gasteiger partial charge is 0.207 e. The van der Waals surface area contributed by atoms with Gasteiger partial charge in [-0.1, -0.05) is 0 Å². The molecule has 2 heterocycles. The van der Waals surface area contributed by atoms with Crippen molar-refractivity contribution in [1.29, 1.82) is 5.26 Å². The number of nitrogens with zero attached hydrogens (tertiary/aromatic N) is 4.